The van der Waals surface area contributed by atoms with Crippen molar-refractivity contribution in [1.29, 1.82) is 0 Å². The fourth-order valence-electron chi connectivity index (χ4n) is 3.72. The Hall–Kier alpha value is -2.40. The predicted molar refractivity (Wildman–Crippen MR) is 97.2 cm³/mol. The third kappa shape index (κ3) is 3.18. The summed E-state index contributed by atoms with van der Waals surface area (Å²) in [5, 5.41) is 3.84. The zero-order valence-electron chi connectivity index (χ0n) is 14.6. The summed E-state index contributed by atoms with van der Waals surface area (Å²) in [6, 6.07) is 3.68. The molecule has 6 rings (SSSR count). The van der Waals surface area contributed by atoms with Crippen LogP contribution in [0.4, 0.5) is 19.1 Å². The Morgan fingerprint density at radius 3 is 2.79 bits per heavy atom. The molecule has 2 bridgehead atoms. The molecular weight excluding hydrogens is 391 g/mol. The summed E-state index contributed by atoms with van der Waals surface area (Å²) in [5.74, 6) is 0.714. The van der Waals surface area contributed by atoms with Gasteiger partial charge in [0.1, 0.15) is 5.03 Å². The number of piperidine rings is 2. The van der Waals surface area contributed by atoms with Gasteiger partial charge in [0, 0.05) is 36.3 Å². The van der Waals surface area contributed by atoms with Crippen LogP contribution >= 0.6 is 11.8 Å². The van der Waals surface area contributed by atoms with Crippen molar-refractivity contribution in [3.8, 4) is 0 Å². The molecule has 3 aromatic rings. The molecule has 2 N–H and O–H groups in total. The molecule has 1 unspecified atom stereocenters. The van der Waals surface area contributed by atoms with E-state index >= 15 is 0 Å². The Kier molecular flexibility index (Phi) is 4.16. The highest BCUT2D eigenvalue weighted by Gasteiger charge is 2.36. The Morgan fingerprint density at radius 1 is 1.18 bits per heavy atom. The zero-order chi connectivity index (χ0) is 19.3. The number of anilines is 1. The lowest BCUT2D eigenvalue weighted by atomic mass is 9.93. The average molecular weight is 407 g/mol. The van der Waals surface area contributed by atoms with Gasteiger partial charge in [0.05, 0.1) is 6.20 Å². The van der Waals surface area contributed by atoms with E-state index in [2.05, 4.69) is 35.1 Å². The number of aromatic amines is 1. The van der Waals surface area contributed by atoms with E-state index < -0.39 is 11.9 Å². The van der Waals surface area contributed by atoms with Gasteiger partial charge < -0.3 is 15.2 Å². The molecule has 146 valence electrons. The first-order valence-electron chi connectivity index (χ1n) is 8.90. The van der Waals surface area contributed by atoms with Crippen molar-refractivity contribution in [2.75, 3.05) is 18.0 Å². The number of hydrogen-bond donors (Lipinski definition) is 2. The van der Waals surface area contributed by atoms with Crippen molar-refractivity contribution < 1.29 is 13.2 Å². The first-order valence-corrected chi connectivity index (χ1v) is 9.72. The van der Waals surface area contributed by atoms with Gasteiger partial charge in [-0.2, -0.15) is 18.2 Å². The maximum absolute atomic E-state index is 13.1. The van der Waals surface area contributed by atoms with Crippen molar-refractivity contribution in [3.05, 3.63) is 30.2 Å². The zero-order valence-corrected chi connectivity index (χ0v) is 15.4. The number of imidazole rings is 1. The first-order chi connectivity index (χ1) is 13.5. The highest BCUT2D eigenvalue weighted by Crippen LogP contribution is 2.37. The van der Waals surface area contributed by atoms with Gasteiger partial charge in [-0.1, -0.05) is 11.8 Å². The van der Waals surface area contributed by atoms with Crippen LogP contribution in [0, 0.1) is 0 Å². The molecule has 3 aliphatic heterocycles. The third-order valence-electron chi connectivity index (χ3n) is 5.05. The van der Waals surface area contributed by atoms with Crippen LogP contribution in [0.5, 0.6) is 0 Å². The number of rotatable bonds is 3. The lowest BCUT2D eigenvalue weighted by Gasteiger charge is -2.45. The van der Waals surface area contributed by atoms with Gasteiger partial charge in [0.2, 0.25) is 5.95 Å². The van der Waals surface area contributed by atoms with E-state index in [1.165, 1.54) is 18.3 Å². The van der Waals surface area contributed by atoms with Gasteiger partial charge in [-0.25, -0.2) is 9.97 Å². The molecule has 3 saturated heterocycles. The number of H-pyrrole nitrogens is 1. The van der Waals surface area contributed by atoms with E-state index in [0.717, 1.165) is 43.9 Å². The van der Waals surface area contributed by atoms with E-state index in [4.69, 9.17) is 0 Å². The largest absolute Gasteiger partial charge is 0.434 e. The summed E-state index contributed by atoms with van der Waals surface area (Å²) >= 11 is 0.885. The second kappa shape index (κ2) is 6.59. The average Bonchev–Trinajstić information content (AvgIpc) is 3.12. The Bertz CT molecular complexity index is 1010. The number of nitrogens with zero attached hydrogens (tertiary/aromatic N) is 5. The smallest absolute Gasteiger partial charge is 0.336 e. The van der Waals surface area contributed by atoms with Crippen LogP contribution in [0.15, 0.2) is 34.4 Å². The van der Waals surface area contributed by atoms with E-state index in [0.29, 0.717) is 34.4 Å². The molecule has 0 spiro atoms. The minimum Gasteiger partial charge on any atom is -0.336 e. The summed E-state index contributed by atoms with van der Waals surface area (Å²) < 4.78 is 39.4. The minimum absolute atomic E-state index is 0.0113. The second-order valence-electron chi connectivity index (χ2n) is 6.88. The van der Waals surface area contributed by atoms with Crippen LogP contribution < -0.4 is 10.2 Å². The second-order valence-corrected chi connectivity index (χ2v) is 7.94. The lowest BCUT2D eigenvalue weighted by molar-refractivity contribution is -0.143. The van der Waals surface area contributed by atoms with Gasteiger partial charge in [-0.15, -0.1) is 0 Å². The van der Waals surface area contributed by atoms with E-state index in [-0.39, 0.29) is 4.90 Å². The van der Waals surface area contributed by atoms with Gasteiger partial charge in [0.25, 0.3) is 0 Å². The molecule has 3 aromatic heterocycles. The SMILES string of the molecule is FC(F)(F)c1ncccc1Sc1cnc2nc(N3C[C@@H]4CCC3CN4)[nH]c2n1. The molecule has 28 heavy (non-hydrogen) atoms. The molecule has 6 heterocycles. The third-order valence-corrected chi connectivity index (χ3v) is 6.00. The quantitative estimate of drug-likeness (QED) is 0.691. The number of alkyl halides is 3. The summed E-state index contributed by atoms with van der Waals surface area (Å²) in [5.41, 5.74) is -0.00752. The number of fused-ring (bicyclic) bond motifs is 4. The summed E-state index contributed by atoms with van der Waals surface area (Å²) in [6.45, 7) is 1.79. The molecule has 0 aliphatic carbocycles. The molecule has 3 aliphatic rings. The molecule has 0 aromatic carbocycles. The maximum atomic E-state index is 13.1. The highest BCUT2D eigenvalue weighted by atomic mass is 32.2. The Labute approximate surface area is 162 Å². The van der Waals surface area contributed by atoms with Crippen molar-refractivity contribution in [1.82, 2.24) is 30.2 Å². The van der Waals surface area contributed by atoms with Gasteiger partial charge >= 0.3 is 6.18 Å². The van der Waals surface area contributed by atoms with Gasteiger partial charge in [-0.3, -0.25) is 4.98 Å². The first kappa shape index (κ1) is 17.7. The topological polar surface area (TPSA) is 82.6 Å². The predicted octanol–water partition coefficient (Wildman–Crippen LogP) is 2.86. The Balaban J connectivity index is 1.44. The number of aromatic nitrogens is 5. The summed E-state index contributed by atoms with van der Waals surface area (Å²) in [7, 11) is 0. The van der Waals surface area contributed by atoms with Crippen LogP contribution in [-0.4, -0.2) is 50.1 Å². The normalized spacial score (nSPS) is 22.2. The number of nitrogens with one attached hydrogen (secondary N) is 2. The number of piperazine rings is 1. The lowest BCUT2D eigenvalue weighted by Crippen LogP contribution is -2.61. The Morgan fingerprint density at radius 2 is 2.07 bits per heavy atom. The molecule has 3 fully saturated rings. The van der Waals surface area contributed by atoms with Crippen LogP contribution in [0.3, 0.4) is 0 Å². The molecule has 2 atom stereocenters. The van der Waals surface area contributed by atoms with Gasteiger partial charge in [0.15, 0.2) is 17.0 Å². The molecule has 0 radical (unpaired) electrons. The number of hydrogen-bond acceptors (Lipinski definition) is 7. The van der Waals surface area contributed by atoms with Crippen LogP contribution in [0.2, 0.25) is 0 Å². The van der Waals surface area contributed by atoms with Crippen molar-refractivity contribution in [2.45, 2.75) is 41.0 Å². The summed E-state index contributed by atoms with van der Waals surface area (Å²) in [4.78, 5) is 22.1. The van der Waals surface area contributed by atoms with E-state index in [9.17, 15) is 13.2 Å². The van der Waals surface area contributed by atoms with Crippen molar-refractivity contribution in [2.24, 2.45) is 0 Å². The molecule has 7 nitrogen and oxygen atoms in total. The maximum Gasteiger partial charge on any atom is 0.434 e. The molecule has 0 amide bonds. The monoisotopic (exact) mass is 407 g/mol. The van der Waals surface area contributed by atoms with E-state index in [1.54, 1.807) is 0 Å². The number of pyridine rings is 1. The molecule has 11 heteroatoms. The van der Waals surface area contributed by atoms with Crippen LogP contribution in [0.25, 0.3) is 11.3 Å². The van der Waals surface area contributed by atoms with Crippen LogP contribution in [-0.2, 0) is 6.18 Å². The fourth-order valence-corrected chi connectivity index (χ4v) is 4.60. The standard InChI is InChI=1S/C17H16F3N7S/c18-17(19,20)13-11(2-1-5-21-13)28-12-7-23-14-15(24-12)26-16(25-14)27-8-9-3-4-10(27)6-22-9/h1-2,5,7,9-10,22H,3-4,6,8H2,(H,23,24,25,26)/t9-,10?/m0/s1. The van der Waals surface area contributed by atoms with Crippen LogP contribution in [0.1, 0.15) is 18.5 Å². The van der Waals surface area contributed by atoms with Crippen molar-refractivity contribution in [3.63, 3.8) is 0 Å². The van der Waals surface area contributed by atoms with E-state index in [1.807, 2.05) is 0 Å². The highest BCUT2D eigenvalue weighted by molar-refractivity contribution is 7.99. The number of halogens is 3. The molecule has 0 saturated carbocycles. The minimum atomic E-state index is -4.52. The fraction of sp³-hybridized carbons (Fsp3) is 0.412. The summed E-state index contributed by atoms with van der Waals surface area (Å²) in [6.07, 6.45) is 0.311. The molecular formula is C17H16F3N7S. The van der Waals surface area contributed by atoms with Crippen molar-refractivity contribution >= 4 is 29.0 Å². The van der Waals surface area contributed by atoms with Gasteiger partial charge in [-0.05, 0) is 25.0 Å².